The summed E-state index contributed by atoms with van der Waals surface area (Å²) in [5.74, 6) is 1.83. The van der Waals surface area contributed by atoms with E-state index in [1.165, 1.54) is 11.4 Å². The summed E-state index contributed by atoms with van der Waals surface area (Å²) in [4.78, 5) is 12.7. The minimum atomic E-state index is -0.435. The van der Waals surface area contributed by atoms with Crippen molar-refractivity contribution in [2.75, 3.05) is 0 Å². The largest absolute Gasteiger partial charge is 0.491 e. The minimum Gasteiger partial charge on any atom is -0.491 e. The van der Waals surface area contributed by atoms with Gasteiger partial charge in [-0.25, -0.2) is 5.43 Å². The van der Waals surface area contributed by atoms with Gasteiger partial charge in [-0.2, -0.15) is 5.10 Å². The van der Waals surface area contributed by atoms with E-state index in [0.717, 1.165) is 40.5 Å². The monoisotopic (exact) mass is 578 g/mol. The molecule has 0 saturated carbocycles. The Kier molecular flexibility index (Phi) is 8.85. The number of ether oxygens (including phenoxy) is 2. The molecular formula is C35H38N4O4. The number of nitrogens with one attached hydrogen (secondary N) is 1. The Morgan fingerprint density at radius 2 is 1.49 bits per heavy atom. The molecule has 5 rings (SSSR count). The molecule has 0 bridgehead atoms. The molecule has 3 heterocycles. The van der Waals surface area contributed by atoms with E-state index >= 15 is 0 Å². The van der Waals surface area contributed by atoms with Crippen LogP contribution in [0.25, 0.3) is 11.4 Å². The Balaban J connectivity index is 1.16. The van der Waals surface area contributed by atoms with Crippen molar-refractivity contribution in [3.05, 3.63) is 119 Å². The molecule has 0 aliphatic carbocycles. The normalized spacial score (nSPS) is 12.0. The number of carbonyl (C=O) groups excluding carboxylic acids is 1. The number of furan rings is 1. The number of hydrogen-bond acceptors (Lipinski definition) is 5. The van der Waals surface area contributed by atoms with Crippen molar-refractivity contribution < 1.29 is 18.7 Å². The highest BCUT2D eigenvalue weighted by atomic mass is 16.5. The molecule has 43 heavy (non-hydrogen) atoms. The number of hydrazone groups is 1. The quantitative estimate of drug-likeness (QED) is 0.129. The highest BCUT2D eigenvalue weighted by molar-refractivity contribution is 5.92. The molecular weight excluding hydrogens is 540 g/mol. The molecule has 0 aliphatic heterocycles. The number of benzene rings is 2. The van der Waals surface area contributed by atoms with Gasteiger partial charge in [0.2, 0.25) is 0 Å². The van der Waals surface area contributed by atoms with Crippen LogP contribution in [0.3, 0.4) is 0 Å². The van der Waals surface area contributed by atoms with Gasteiger partial charge >= 0.3 is 5.91 Å². The Morgan fingerprint density at radius 1 is 0.860 bits per heavy atom. The summed E-state index contributed by atoms with van der Waals surface area (Å²) < 4.78 is 21.8. The summed E-state index contributed by atoms with van der Waals surface area (Å²) in [5, 5.41) is 4.18. The summed E-state index contributed by atoms with van der Waals surface area (Å²) in [5.41, 5.74) is 9.98. The molecule has 8 nitrogen and oxygen atoms in total. The van der Waals surface area contributed by atoms with E-state index < -0.39 is 5.91 Å². The first-order valence-corrected chi connectivity index (χ1v) is 14.5. The highest BCUT2D eigenvalue weighted by Crippen LogP contribution is 2.24. The maximum absolute atomic E-state index is 12.7. The van der Waals surface area contributed by atoms with Crippen LogP contribution in [0.5, 0.6) is 11.5 Å². The fraction of sp³-hybridized carbons (Fsp3) is 0.257. The van der Waals surface area contributed by atoms with Crippen LogP contribution in [-0.4, -0.2) is 27.4 Å². The molecule has 0 unspecified atom stereocenters. The maximum Gasteiger partial charge on any atom is 0.307 e. The van der Waals surface area contributed by atoms with Gasteiger partial charge in [-0.1, -0.05) is 6.92 Å². The minimum absolute atomic E-state index is 0.162. The van der Waals surface area contributed by atoms with Gasteiger partial charge < -0.3 is 23.0 Å². The Labute approximate surface area is 252 Å². The topological polar surface area (TPSA) is 82.9 Å². The van der Waals surface area contributed by atoms with Crippen LogP contribution in [0.15, 0.2) is 88.4 Å². The van der Waals surface area contributed by atoms with Crippen LogP contribution in [0.2, 0.25) is 0 Å². The van der Waals surface area contributed by atoms with Gasteiger partial charge in [-0.05, 0) is 120 Å². The lowest BCUT2D eigenvalue weighted by atomic mass is 10.2. The van der Waals surface area contributed by atoms with E-state index in [2.05, 4.69) is 59.5 Å². The number of rotatable bonds is 11. The van der Waals surface area contributed by atoms with E-state index in [0.29, 0.717) is 11.5 Å². The number of carbonyl (C=O) groups is 1. The van der Waals surface area contributed by atoms with Crippen LogP contribution < -0.4 is 14.9 Å². The van der Waals surface area contributed by atoms with E-state index in [4.69, 9.17) is 13.9 Å². The van der Waals surface area contributed by atoms with Crippen LogP contribution >= 0.6 is 0 Å². The summed E-state index contributed by atoms with van der Waals surface area (Å²) in [6.07, 6.45) is 2.77. The Morgan fingerprint density at radius 3 is 2.14 bits per heavy atom. The van der Waals surface area contributed by atoms with Crippen molar-refractivity contribution in [2.24, 2.45) is 5.10 Å². The van der Waals surface area contributed by atoms with Crippen molar-refractivity contribution in [3.8, 4) is 22.9 Å². The zero-order valence-corrected chi connectivity index (χ0v) is 25.5. The summed E-state index contributed by atoms with van der Waals surface area (Å²) in [7, 11) is 0. The first-order chi connectivity index (χ1) is 20.7. The SMILES string of the molecule is CC[C@@H](C)Oc1ccc(-n2c(C)cc(/C=N/NC(=O)c3ccc(COc4ccc(-n5c(C)ccc5C)cc4)o3)c2C)cc1. The molecule has 1 amide bonds. The van der Waals surface area contributed by atoms with Gasteiger partial charge in [-0.15, -0.1) is 0 Å². The molecule has 3 aromatic heterocycles. The smallest absolute Gasteiger partial charge is 0.307 e. The lowest BCUT2D eigenvalue weighted by Gasteiger charge is -2.14. The van der Waals surface area contributed by atoms with E-state index in [-0.39, 0.29) is 18.5 Å². The number of aromatic nitrogens is 2. The van der Waals surface area contributed by atoms with Crippen LogP contribution in [0, 0.1) is 27.7 Å². The standard InChI is InChI=1S/C35H38N4O4/c1-7-26(5)42-32-16-12-30(13-17-32)39-25(4)20-28(27(39)6)21-36-37-35(40)34-19-18-33(43-34)22-41-31-14-10-29(11-15-31)38-23(2)8-9-24(38)3/h8-21,26H,7,22H2,1-6H3,(H,37,40)/b36-21+/t26-/m1/s1. The number of amides is 1. The molecule has 0 fully saturated rings. The fourth-order valence-corrected chi connectivity index (χ4v) is 5.02. The number of nitrogens with zero attached hydrogens (tertiary/aromatic N) is 3. The third-order valence-electron chi connectivity index (χ3n) is 7.48. The molecule has 1 atom stereocenters. The zero-order chi connectivity index (χ0) is 30.5. The summed E-state index contributed by atoms with van der Waals surface area (Å²) in [6.45, 7) is 12.6. The molecule has 5 aromatic rings. The lowest BCUT2D eigenvalue weighted by molar-refractivity contribution is 0.0923. The second kappa shape index (κ2) is 12.9. The average Bonchev–Trinajstić information content (AvgIpc) is 3.69. The van der Waals surface area contributed by atoms with Crippen molar-refractivity contribution in [1.82, 2.24) is 14.6 Å². The number of hydrogen-bond donors (Lipinski definition) is 1. The summed E-state index contributed by atoms with van der Waals surface area (Å²) >= 11 is 0. The van der Waals surface area contributed by atoms with E-state index in [9.17, 15) is 4.79 Å². The third-order valence-corrected chi connectivity index (χ3v) is 7.48. The molecule has 1 N–H and O–H groups in total. The second-order valence-corrected chi connectivity index (χ2v) is 10.7. The molecule has 222 valence electrons. The van der Waals surface area contributed by atoms with Gasteiger partial charge in [-0.3, -0.25) is 4.79 Å². The van der Waals surface area contributed by atoms with E-state index in [1.807, 2.05) is 68.4 Å². The molecule has 0 spiro atoms. The van der Waals surface area contributed by atoms with Crippen molar-refractivity contribution in [2.45, 2.75) is 60.7 Å². The summed E-state index contributed by atoms with van der Waals surface area (Å²) in [6, 6.07) is 25.5. The van der Waals surface area contributed by atoms with E-state index in [1.54, 1.807) is 18.3 Å². The lowest BCUT2D eigenvalue weighted by Crippen LogP contribution is -2.16. The molecule has 0 radical (unpaired) electrons. The predicted octanol–water partition coefficient (Wildman–Crippen LogP) is 7.61. The number of aryl methyl sites for hydroxylation is 3. The van der Waals surface area contributed by atoms with Crippen LogP contribution in [-0.2, 0) is 6.61 Å². The average molecular weight is 579 g/mol. The van der Waals surface area contributed by atoms with Crippen molar-refractivity contribution in [3.63, 3.8) is 0 Å². The molecule has 0 aliphatic rings. The van der Waals surface area contributed by atoms with Gasteiger partial charge in [0, 0.05) is 39.7 Å². The van der Waals surface area contributed by atoms with Crippen molar-refractivity contribution >= 4 is 12.1 Å². The molecule has 2 aromatic carbocycles. The van der Waals surface area contributed by atoms with Gasteiger partial charge in [0.1, 0.15) is 23.9 Å². The first kappa shape index (κ1) is 29.5. The molecule has 8 heteroatoms. The first-order valence-electron chi connectivity index (χ1n) is 14.5. The van der Waals surface area contributed by atoms with Gasteiger partial charge in [0.05, 0.1) is 12.3 Å². The van der Waals surface area contributed by atoms with Crippen LogP contribution in [0.4, 0.5) is 0 Å². The zero-order valence-electron chi connectivity index (χ0n) is 25.5. The predicted molar refractivity (Wildman–Crippen MR) is 169 cm³/mol. The maximum atomic E-state index is 12.7. The van der Waals surface area contributed by atoms with Gasteiger partial charge in [0.15, 0.2) is 5.76 Å². The Bertz CT molecular complexity index is 1700. The van der Waals surface area contributed by atoms with Crippen molar-refractivity contribution in [1.29, 1.82) is 0 Å². The highest BCUT2D eigenvalue weighted by Gasteiger charge is 2.13. The Hall–Kier alpha value is -4.98. The third kappa shape index (κ3) is 6.75. The van der Waals surface area contributed by atoms with Gasteiger partial charge in [0.25, 0.3) is 0 Å². The van der Waals surface area contributed by atoms with Crippen LogP contribution in [0.1, 0.15) is 64.9 Å². The second-order valence-electron chi connectivity index (χ2n) is 10.7. The molecule has 0 saturated heterocycles. The fourth-order valence-electron chi connectivity index (χ4n) is 5.02.